The minimum Gasteiger partial charge on any atom is -0.384 e. The molecule has 2 heterocycles. The lowest BCUT2D eigenvalue weighted by Crippen LogP contribution is -2.24. The normalized spacial score (nSPS) is 13.3. The molecule has 0 fully saturated rings. The Morgan fingerprint density at radius 3 is 2.26 bits per heavy atom. The van der Waals surface area contributed by atoms with E-state index in [0.29, 0.717) is 29.7 Å². The summed E-state index contributed by atoms with van der Waals surface area (Å²) in [7, 11) is 0. The highest BCUT2D eigenvalue weighted by atomic mass is 35.5. The topological polar surface area (TPSA) is 45.4 Å². The minimum atomic E-state index is -4.40. The van der Waals surface area contributed by atoms with Gasteiger partial charge in [0, 0.05) is 5.69 Å². The molecule has 0 unspecified atom stereocenters. The van der Waals surface area contributed by atoms with Crippen molar-refractivity contribution in [2.45, 2.75) is 6.18 Å². The van der Waals surface area contributed by atoms with E-state index in [1.807, 2.05) is 40.1 Å². The monoisotopic (exact) mass is 392 g/mol. The number of rotatable bonds is 2. The minimum absolute atomic E-state index is 0. The largest absolute Gasteiger partial charge is 0.416 e. The molecule has 0 saturated heterocycles. The van der Waals surface area contributed by atoms with Crippen LogP contribution in [-0.2, 0) is 6.18 Å². The van der Waals surface area contributed by atoms with Crippen molar-refractivity contribution in [3.05, 3.63) is 72.3 Å². The van der Waals surface area contributed by atoms with Crippen LogP contribution in [0.15, 0.2) is 66.7 Å². The molecule has 1 aliphatic rings. The summed E-state index contributed by atoms with van der Waals surface area (Å²) in [6, 6.07) is 18.3. The van der Waals surface area contributed by atoms with Crippen LogP contribution >= 0.6 is 12.4 Å². The molecule has 3 aromatic rings. The van der Waals surface area contributed by atoms with Gasteiger partial charge in [0.25, 0.3) is 0 Å². The van der Waals surface area contributed by atoms with Crippen LogP contribution in [0.5, 0.6) is 0 Å². The van der Waals surface area contributed by atoms with Gasteiger partial charge in [-0.05, 0) is 42.5 Å². The zero-order valence-corrected chi connectivity index (χ0v) is 14.8. The lowest BCUT2D eigenvalue weighted by Gasteiger charge is -2.21. The number of nitrogen functional groups attached to an aromatic ring is 1. The fourth-order valence-corrected chi connectivity index (χ4v) is 3.05. The summed E-state index contributed by atoms with van der Waals surface area (Å²) in [5.74, 6) is 0.943. The number of nitrogens with two attached hydrogens (primary N) is 1. The number of benzene rings is 2. The van der Waals surface area contributed by atoms with Crippen molar-refractivity contribution in [3.8, 4) is 0 Å². The number of nitrogens with zero attached hydrogens (tertiary/aromatic N) is 3. The third-order valence-electron chi connectivity index (χ3n) is 4.27. The molecule has 2 N–H and O–H groups in total. The molecule has 4 nitrogen and oxygen atoms in total. The number of para-hydroxylation sites is 1. The zero-order valence-electron chi connectivity index (χ0n) is 14.0. The van der Waals surface area contributed by atoms with Crippen LogP contribution in [-0.4, -0.2) is 11.7 Å². The number of halogens is 4. The van der Waals surface area contributed by atoms with Crippen LogP contribution in [0.4, 0.5) is 41.9 Å². The van der Waals surface area contributed by atoms with Gasteiger partial charge in [-0.15, -0.1) is 12.4 Å². The molecule has 4 rings (SSSR count). The lowest BCUT2D eigenvalue weighted by atomic mass is 10.1. The SMILES string of the molecule is Cl.Nc1cccc(N2CN(c3ccccc3)c3cc(C(F)(F)F)ccc32)n1. The highest BCUT2D eigenvalue weighted by Crippen LogP contribution is 2.46. The molecule has 1 aromatic heterocycles. The average Bonchev–Trinajstić information content (AvgIpc) is 3.00. The van der Waals surface area contributed by atoms with E-state index in [2.05, 4.69) is 4.98 Å². The van der Waals surface area contributed by atoms with Crippen LogP contribution in [0, 0.1) is 0 Å². The molecular weight excluding hydrogens is 377 g/mol. The van der Waals surface area contributed by atoms with E-state index < -0.39 is 11.7 Å². The third-order valence-corrected chi connectivity index (χ3v) is 4.27. The van der Waals surface area contributed by atoms with Crippen molar-refractivity contribution in [2.24, 2.45) is 0 Å². The molecule has 2 aromatic carbocycles. The van der Waals surface area contributed by atoms with E-state index >= 15 is 0 Å². The maximum absolute atomic E-state index is 13.2. The summed E-state index contributed by atoms with van der Waals surface area (Å²) in [6.07, 6.45) is -4.40. The van der Waals surface area contributed by atoms with Gasteiger partial charge in [0.2, 0.25) is 0 Å². The van der Waals surface area contributed by atoms with Crippen LogP contribution in [0.1, 0.15) is 5.56 Å². The second-order valence-electron chi connectivity index (χ2n) is 5.95. The Morgan fingerprint density at radius 2 is 1.59 bits per heavy atom. The van der Waals surface area contributed by atoms with Crippen molar-refractivity contribution in [2.75, 3.05) is 22.2 Å². The summed E-state index contributed by atoms with van der Waals surface area (Å²) in [4.78, 5) is 7.98. The molecule has 0 spiro atoms. The van der Waals surface area contributed by atoms with Gasteiger partial charge < -0.3 is 15.5 Å². The van der Waals surface area contributed by atoms with E-state index in [1.165, 1.54) is 12.1 Å². The Hall–Kier alpha value is -2.93. The Balaban J connectivity index is 0.00000210. The van der Waals surface area contributed by atoms with Gasteiger partial charge in [-0.1, -0.05) is 24.3 Å². The summed E-state index contributed by atoms with van der Waals surface area (Å²) >= 11 is 0. The van der Waals surface area contributed by atoms with Crippen LogP contribution in [0.25, 0.3) is 0 Å². The maximum Gasteiger partial charge on any atom is 0.416 e. The van der Waals surface area contributed by atoms with E-state index in [1.54, 1.807) is 18.2 Å². The van der Waals surface area contributed by atoms with Gasteiger partial charge in [0.05, 0.1) is 16.9 Å². The smallest absolute Gasteiger partial charge is 0.384 e. The van der Waals surface area contributed by atoms with Gasteiger partial charge in [0.1, 0.15) is 18.3 Å². The van der Waals surface area contributed by atoms with E-state index in [4.69, 9.17) is 5.73 Å². The van der Waals surface area contributed by atoms with Gasteiger partial charge in [-0.2, -0.15) is 13.2 Å². The van der Waals surface area contributed by atoms with Crippen molar-refractivity contribution in [1.29, 1.82) is 0 Å². The zero-order chi connectivity index (χ0) is 18.3. The summed E-state index contributed by atoms with van der Waals surface area (Å²) in [5.41, 5.74) is 7.03. The fraction of sp³-hybridized carbons (Fsp3) is 0.105. The van der Waals surface area contributed by atoms with Crippen LogP contribution in [0.3, 0.4) is 0 Å². The molecule has 0 aliphatic carbocycles. The van der Waals surface area contributed by atoms with E-state index in [-0.39, 0.29) is 12.4 Å². The van der Waals surface area contributed by atoms with E-state index in [0.717, 1.165) is 11.8 Å². The number of fused-ring (bicyclic) bond motifs is 1. The quantitative estimate of drug-likeness (QED) is 0.638. The van der Waals surface area contributed by atoms with Gasteiger partial charge in [-0.25, -0.2) is 4.98 Å². The molecule has 140 valence electrons. The molecule has 1 aliphatic heterocycles. The highest BCUT2D eigenvalue weighted by Gasteiger charge is 2.35. The average molecular weight is 393 g/mol. The number of hydrogen-bond acceptors (Lipinski definition) is 4. The maximum atomic E-state index is 13.2. The van der Waals surface area contributed by atoms with Crippen LogP contribution < -0.4 is 15.5 Å². The molecule has 8 heteroatoms. The second-order valence-corrected chi connectivity index (χ2v) is 5.95. The number of pyridine rings is 1. The number of alkyl halides is 3. The predicted molar refractivity (Wildman–Crippen MR) is 103 cm³/mol. The third kappa shape index (κ3) is 3.50. The van der Waals surface area contributed by atoms with E-state index in [9.17, 15) is 13.2 Å². The van der Waals surface area contributed by atoms with Gasteiger partial charge >= 0.3 is 6.18 Å². The molecular formula is C19H16ClF3N4. The lowest BCUT2D eigenvalue weighted by molar-refractivity contribution is -0.137. The molecule has 0 atom stereocenters. The molecule has 0 radical (unpaired) electrons. The molecule has 0 saturated carbocycles. The Morgan fingerprint density at radius 1 is 0.852 bits per heavy atom. The number of hydrogen-bond donors (Lipinski definition) is 1. The number of anilines is 5. The van der Waals surface area contributed by atoms with Gasteiger partial charge in [0.15, 0.2) is 0 Å². The molecule has 0 bridgehead atoms. The van der Waals surface area contributed by atoms with Crippen molar-refractivity contribution >= 4 is 41.1 Å². The predicted octanol–water partition coefficient (Wildman–Crippen LogP) is 5.35. The summed E-state index contributed by atoms with van der Waals surface area (Å²) in [6.45, 7) is 0.344. The highest BCUT2D eigenvalue weighted by molar-refractivity contribution is 5.86. The first-order valence-corrected chi connectivity index (χ1v) is 7.97. The number of aromatic nitrogens is 1. The first-order chi connectivity index (χ1) is 12.4. The standard InChI is InChI=1S/C19H15F3N4.ClH/c20-19(21,22)13-9-10-15-16(11-13)25(14-5-2-1-3-6-14)12-26(15)18-8-4-7-17(23)24-18;/h1-11H,12H2,(H2,23,24);1H. The Bertz CT molecular complexity index is 947. The summed E-state index contributed by atoms with van der Waals surface area (Å²) < 4.78 is 39.6. The molecule has 27 heavy (non-hydrogen) atoms. The summed E-state index contributed by atoms with van der Waals surface area (Å²) in [5, 5.41) is 0. The first kappa shape index (κ1) is 18.8. The second kappa shape index (κ2) is 7.00. The Kier molecular flexibility index (Phi) is 4.89. The molecule has 0 amide bonds. The fourth-order valence-electron chi connectivity index (χ4n) is 3.05. The van der Waals surface area contributed by atoms with Crippen LogP contribution in [0.2, 0.25) is 0 Å². The van der Waals surface area contributed by atoms with Crippen molar-refractivity contribution in [3.63, 3.8) is 0 Å². The first-order valence-electron chi connectivity index (χ1n) is 7.97. The van der Waals surface area contributed by atoms with Crippen molar-refractivity contribution in [1.82, 2.24) is 4.98 Å². The van der Waals surface area contributed by atoms with Gasteiger partial charge in [-0.3, -0.25) is 0 Å². The van der Waals surface area contributed by atoms with Crippen molar-refractivity contribution < 1.29 is 13.2 Å². The Labute approximate surface area is 160 Å².